The molecule has 0 fully saturated rings. The fourth-order valence-electron chi connectivity index (χ4n) is 1.15. The third-order valence-electron chi connectivity index (χ3n) is 1.81. The van der Waals surface area contributed by atoms with Crippen molar-refractivity contribution in [3.8, 4) is 10.4 Å². The van der Waals surface area contributed by atoms with Crippen molar-refractivity contribution in [2.75, 3.05) is 5.73 Å². The Kier molecular flexibility index (Phi) is 2.81. The number of rotatable bonds is 2. The second kappa shape index (κ2) is 3.96. The number of carbonyl (C=O) groups is 1. The van der Waals surface area contributed by atoms with Gasteiger partial charge in [0.15, 0.2) is 0 Å². The molecule has 2 aromatic heterocycles. The predicted octanol–water partition coefficient (Wildman–Crippen LogP) is 3.52. The molecule has 0 aliphatic carbocycles. The molecule has 2 heterocycles. The van der Waals surface area contributed by atoms with Gasteiger partial charge < -0.3 is 10.8 Å². The SMILES string of the molecule is Nc1cc(-c2csc(Br)c2)sc1C(=O)O. The van der Waals surface area contributed by atoms with E-state index in [-0.39, 0.29) is 4.88 Å². The Balaban J connectivity index is 2.46. The summed E-state index contributed by atoms with van der Waals surface area (Å²) in [5, 5.41) is 10.8. The van der Waals surface area contributed by atoms with Gasteiger partial charge in [-0.3, -0.25) is 0 Å². The molecule has 78 valence electrons. The van der Waals surface area contributed by atoms with Crippen LogP contribution in [0.1, 0.15) is 9.67 Å². The molecule has 3 nitrogen and oxygen atoms in total. The fraction of sp³-hybridized carbons (Fsp3) is 0. The molecule has 0 bridgehead atoms. The number of carboxylic acid groups (broad SMARTS) is 1. The number of halogens is 1. The number of nitrogens with two attached hydrogens (primary N) is 1. The van der Waals surface area contributed by atoms with Gasteiger partial charge in [-0.15, -0.1) is 22.7 Å². The molecule has 0 saturated heterocycles. The van der Waals surface area contributed by atoms with Crippen molar-refractivity contribution >= 4 is 50.3 Å². The Bertz CT molecular complexity index is 518. The molecule has 0 saturated carbocycles. The molecule has 0 amide bonds. The highest BCUT2D eigenvalue weighted by molar-refractivity contribution is 9.11. The van der Waals surface area contributed by atoms with E-state index in [0.29, 0.717) is 5.69 Å². The Hall–Kier alpha value is -0.850. The van der Waals surface area contributed by atoms with Gasteiger partial charge >= 0.3 is 5.97 Å². The van der Waals surface area contributed by atoms with Gasteiger partial charge in [-0.25, -0.2) is 4.79 Å². The van der Waals surface area contributed by atoms with Gasteiger partial charge in [0.2, 0.25) is 0 Å². The van der Waals surface area contributed by atoms with E-state index in [0.717, 1.165) is 14.2 Å². The van der Waals surface area contributed by atoms with E-state index in [9.17, 15) is 4.79 Å². The monoisotopic (exact) mass is 303 g/mol. The molecule has 3 N–H and O–H groups in total. The summed E-state index contributed by atoms with van der Waals surface area (Å²) in [6.45, 7) is 0. The molecule has 0 atom stereocenters. The number of nitrogen functional groups attached to an aromatic ring is 1. The molecule has 0 aromatic carbocycles. The van der Waals surface area contributed by atoms with Crippen LogP contribution in [0.15, 0.2) is 21.3 Å². The van der Waals surface area contributed by atoms with Gasteiger partial charge in [-0.05, 0) is 28.1 Å². The average molecular weight is 304 g/mol. The lowest BCUT2D eigenvalue weighted by molar-refractivity contribution is 0.0703. The first kappa shape index (κ1) is 10.7. The van der Waals surface area contributed by atoms with Crippen LogP contribution < -0.4 is 5.73 Å². The maximum atomic E-state index is 10.8. The average Bonchev–Trinajstić information content (AvgIpc) is 2.71. The zero-order valence-electron chi connectivity index (χ0n) is 7.36. The summed E-state index contributed by atoms with van der Waals surface area (Å²) in [6.07, 6.45) is 0. The third kappa shape index (κ3) is 2.06. The van der Waals surface area contributed by atoms with Gasteiger partial charge in [-0.1, -0.05) is 0 Å². The van der Waals surface area contributed by atoms with Crippen molar-refractivity contribution in [2.24, 2.45) is 0 Å². The summed E-state index contributed by atoms with van der Waals surface area (Å²) in [6, 6.07) is 3.64. The van der Waals surface area contributed by atoms with E-state index in [4.69, 9.17) is 10.8 Å². The van der Waals surface area contributed by atoms with E-state index in [1.54, 1.807) is 17.4 Å². The molecule has 6 heteroatoms. The van der Waals surface area contributed by atoms with Crippen molar-refractivity contribution in [1.29, 1.82) is 0 Å². The van der Waals surface area contributed by atoms with Crippen LogP contribution in [0.4, 0.5) is 5.69 Å². The molecule has 0 aliphatic heterocycles. The van der Waals surface area contributed by atoms with Crippen molar-refractivity contribution in [3.05, 3.63) is 26.2 Å². The lowest BCUT2D eigenvalue weighted by atomic mass is 10.2. The summed E-state index contributed by atoms with van der Waals surface area (Å²) >= 11 is 6.11. The molecule has 0 aliphatic rings. The fourth-order valence-corrected chi connectivity index (χ4v) is 3.29. The summed E-state index contributed by atoms with van der Waals surface area (Å²) in [5.41, 5.74) is 6.93. The largest absolute Gasteiger partial charge is 0.477 e. The van der Waals surface area contributed by atoms with Crippen LogP contribution in [0.2, 0.25) is 0 Å². The lowest BCUT2D eigenvalue weighted by Gasteiger charge is -1.87. The topological polar surface area (TPSA) is 63.3 Å². The molecule has 2 aromatic rings. The van der Waals surface area contributed by atoms with Crippen LogP contribution in [-0.4, -0.2) is 11.1 Å². The van der Waals surface area contributed by atoms with E-state index in [1.165, 1.54) is 11.3 Å². The first-order chi connectivity index (χ1) is 7.08. The highest BCUT2D eigenvalue weighted by Gasteiger charge is 2.14. The molecule has 0 unspecified atom stereocenters. The number of hydrogen-bond acceptors (Lipinski definition) is 4. The minimum Gasteiger partial charge on any atom is -0.477 e. The van der Waals surface area contributed by atoms with Crippen LogP contribution in [0.25, 0.3) is 10.4 Å². The maximum Gasteiger partial charge on any atom is 0.348 e. The van der Waals surface area contributed by atoms with Gasteiger partial charge in [0, 0.05) is 15.8 Å². The van der Waals surface area contributed by atoms with Crippen LogP contribution >= 0.6 is 38.6 Å². The van der Waals surface area contributed by atoms with Crippen molar-refractivity contribution in [3.63, 3.8) is 0 Å². The number of thiophene rings is 2. The minimum atomic E-state index is -0.974. The van der Waals surface area contributed by atoms with Crippen LogP contribution in [0.5, 0.6) is 0 Å². The van der Waals surface area contributed by atoms with E-state index in [1.807, 2.05) is 11.4 Å². The summed E-state index contributed by atoms with van der Waals surface area (Å²) in [5.74, 6) is -0.974. The third-order valence-corrected chi connectivity index (χ3v) is 4.50. The molecular weight excluding hydrogens is 298 g/mol. The summed E-state index contributed by atoms with van der Waals surface area (Å²) < 4.78 is 1.02. The van der Waals surface area contributed by atoms with Gasteiger partial charge in [-0.2, -0.15) is 0 Å². The van der Waals surface area contributed by atoms with Gasteiger partial charge in [0.05, 0.1) is 9.47 Å². The van der Waals surface area contributed by atoms with E-state index < -0.39 is 5.97 Å². The maximum absolute atomic E-state index is 10.8. The van der Waals surface area contributed by atoms with Gasteiger partial charge in [0.25, 0.3) is 0 Å². The Morgan fingerprint density at radius 2 is 2.20 bits per heavy atom. The number of anilines is 1. The minimum absolute atomic E-state index is 0.201. The summed E-state index contributed by atoms with van der Waals surface area (Å²) in [4.78, 5) is 11.9. The molecule has 0 spiro atoms. The number of hydrogen-bond donors (Lipinski definition) is 2. The molecule has 0 radical (unpaired) electrons. The normalized spacial score (nSPS) is 10.5. The van der Waals surface area contributed by atoms with Crippen molar-refractivity contribution < 1.29 is 9.90 Å². The van der Waals surface area contributed by atoms with Crippen molar-refractivity contribution in [2.45, 2.75) is 0 Å². The molecule has 15 heavy (non-hydrogen) atoms. The second-order valence-electron chi connectivity index (χ2n) is 2.84. The second-order valence-corrected chi connectivity index (χ2v) is 6.18. The van der Waals surface area contributed by atoms with E-state index >= 15 is 0 Å². The Morgan fingerprint density at radius 1 is 1.47 bits per heavy atom. The zero-order valence-corrected chi connectivity index (χ0v) is 10.6. The lowest BCUT2D eigenvalue weighted by Crippen LogP contribution is -1.96. The highest BCUT2D eigenvalue weighted by atomic mass is 79.9. The smallest absolute Gasteiger partial charge is 0.348 e. The van der Waals surface area contributed by atoms with Gasteiger partial charge in [0.1, 0.15) is 4.88 Å². The van der Waals surface area contributed by atoms with Crippen LogP contribution in [0, 0.1) is 0 Å². The van der Waals surface area contributed by atoms with Crippen molar-refractivity contribution in [1.82, 2.24) is 0 Å². The van der Waals surface area contributed by atoms with Crippen LogP contribution in [0.3, 0.4) is 0 Å². The first-order valence-electron chi connectivity index (χ1n) is 3.95. The van der Waals surface area contributed by atoms with Crippen LogP contribution in [-0.2, 0) is 0 Å². The molecular formula is C9H6BrNO2S2. The predicted molar refractivity (Wildman–Crippen MR) is 66.7 cm³/mol. The molecule has 2 rings (SSSR count). The first-order valence-corrected chi connectivity index (χ1v) is 6.44. The standard InChI is InChI=1S/C9H6BrNO2S2/c10-7-1-4(3-14-7)6-2-5(11)8(15-6)9(12)13/h1-3H,11H2,(H,12,13). The highest BCUT2D eigenvalue weighted by Crippen LogP contribution is 2.36. The Morgan fingerprint density at radius 3 is 2.67 bits per heavy atom. The number of carboxylic acids is 1. The van der Waals surface area contributed by atoms with E-state index in [2.05, 4.69) is 15.9 Å². The zero-order chi connectivity index (χ0) is 11.0. The Labute approximate surface area is 102 Å². The summed E-state index contributed by atoms with van der Waals surface area (Å²) in [7, 11) is 0. The quantitative estimate of drug-likeness (QED) is 0.892. The number of aromatic carboxylic acids is 1.